The summed E-state index contributed by atoms with van der Waals surface area (Å²) in [6.07, 6.45) is 0.118. The number of nitrogens with zero attached hydrogens (tertiary/aromatic N) is 1. The lowest BCUT2D eigenvalue weighted by molar-refractivity contribution is -0.914. The summed E-state index contributed by atoms with van der Waals surface area (Å²) >= 11 is 5.35. The predicted octanol–water partition coefficient (Wildman–Crippen LogP) is 0.163. The van der Waals surface area contributed by atoms with Crippen LogP contribution in [0.4, 0.5) is 5.69 Å². The van der Waals surface area contributed by atoms with Gasteiger partial charge >= 0.3 is 0 Å². The highest BCUT2D eigenvalue weighted by atomic mass is 32.2. The van der Waals surface area contributed by atoms with Gasteiger partial charge in [-0.15, -0.1) is 0 Å². The fraction of sp³-hybridized carbons (Fsp3) is 0.611. The Balaban J connectivity index is 1.87. The first-order valence-corrected chi connectivity index (χ1v) is 11.1. The minimum absolute atomic E-state index is 0.118. The maximum atomic E-state index is 12.2. The Kier molecular flexibility index (Phi) is 7.99. The van der Waals surface area contributed by atoms with E-state index in [1.165, 1.54) is 18.4 Å². The average molecular weight is 416 g/mol. The fourth-order valence-electron chi connectivity index (χ4n) is 3.07. The van der Waals surface area contributed by atoms with Gasteiger partial charge in [-0.3, -0.25) is 0 Å². The van der Waals surface area contributed by atoms with Gasteiger partial charge in [-0.2, -0.15) is 0 Å². The quantitative estimate of drug-likeness (QED) is 0.551. The number of nitrogens with one attached hydrogen (secondary N) is 3. The van der Waals surface area contributed by atoms with Crippen LogP contribution in [0.2, 0.25) is 0 Å². The molecule has 7 nitrogen and oxygen atoms in total. The Morgan fingerprint density at radius 2 is 2.15 bits per heavy atom. The Bertz CT molecular complexity index is 738. The number of anilines is 1. The van der Waals surface area contributed by atoms with Gasteiger partial charge in [-0.05, 0) is 30.4 Å². The van der Waals surface area contributed by atoms with Gasteiger partial charge in [-0.25, -0.2) is 12.7 Å². The number of sulfonamides is 1. The molecule has 1 fully saturated rings. The summed E-state index contributed by atoms with van der Waals surface area (Å²) in [5.74, 6) is 0.667. The van der Waals surface area contributed by atoms with Crippen LogP contribution in [0.3, 0.4) is 0 Å². The molecule has 0 spiro atoms. The molecule has 1 aliphatic rings. The second-order valence-electron chi connectivity index (χ2n) is 7.45. The van der Waals surface area contributed by atoms with E-state index >= 15 is 0 Å². The Morgan fingerprint density at radius 1 is 1.41 bits per heavy atom. The third-order valence-corrected chi connectivity index (χ3v) is 6.44. The third kappa shape index (κ3) is 6.69. The summed E-state index contributed by atoms with van der Waals surface area (Å²) < 4.78 is 31.5. The monoisotopic (exact) mass is 415 g/mol. The number of hydrogen-bond acceptors (Lipinski definition) is 4. The number of morpholine rings is 1. The molecule has 0 saturated carbocycles. The van der Waals surface area contributed by atoms with Gasteiger partial charge < -0.3 is 20.3 Å². The first kappa shape index (κ1) is 22.0. The summed E-state index contributed by atoms with van der Waals surface area (Å²) in [7, 11) is -0.453. The van der Waals surface area contributed by atoms with Gasteiger partial charge in [0.1, 0.15) is 19.2 Å². The molecular formula is C18H31N4O3S2+. The van der Waals surface area contributed by atoms with Crippen molar-refractivity contribution in [3.05, 3.63) is 24.3 Å². The van der Waals surface area contributed by atoms with Gasteiger partial charge in [0.05, 0.1) is 18.0 Å². The number of thiocarbonyl (C=S) groups is 1. The van der Waals surface area contributed by atoms with Gasteiger partial charge in [-0.1, -0.05) is 19.9 Å². The molecule has 0 aromatic heterocycles. The molecule has 1 unspecified atom stereocenters. The van der Waals surface area contributed by atoms with Crippen LogP contribution < -0.4 is 15.5 Å². The van der Waals surface area contributed by atoms with Gasteiger partial charge in [0.15, 0.2) is 5.11 Å². The lowest BCUT2D eigenvalue weighted by Crippen LogP contribution is -3.15. The topological polar surface area (TPSA) is 75.1 Å². The van der Waals surface area contributed by atoms with E-state index in [0.717, 1.165) is 26.2 Å². The zero-order chi connectivity index (χ0) is 20.0. The SMILES string of the molecule is CC(C)C[NH+]1CCO[C@@H](CNC(=S)Nc2cccc(S(=O)(=O)N(C)C)c2)C1. The minimum atomic E-state index is -3.47. The van der Waals surface area contributed by atoms with Crippen molar-refractivity contribution >= 4 is 33.0 Å². The second-order valence-corrected chi connectivity index (χ2v) is 10.0. The normalized spacial score (nSPS) is 20.7. The predicted molar refractivity (Wildman–Crippen MR) is 112 cm³/mol. The molecule has 0 aliphatic carbocycles. The van der Waals surface area contributed by atoms with Crippen molar-refractivity contribution in [2.24, 2.45) is 5.92 Å². The van der Waals surface area contributed by atoms with Gasteiger partial charge in [0.2, 0.25) is 10.0 Å². The van der Waals surface area contributed by atoms with Gasteiger partial charge in [0.25, 0.3) is 0 Å². The molecule has 27 heavy (non-hydrogen) atoms. The van der Waals surface area contributed by atoms with Crippen LogP contribution in [0.5, 0.6) is 0 Å². The number of benzene rings is 1. The van der Waals surface area contributed by atoms with Crippen molar-refractivity contribution in [1.29, 1.82) is 0 Å². The van der Waals surface area contributed by atoms with Crippen LogP contribution in [-0.2, 0) is 14.8 Å². The largest absolute Gasteiger partial charge is 0.365 e. The van der Waals surface area contributed by atoms with Crippen LogP contribution in [0.15, 0.2) is 29.2 Å². The zero-order valence-corrected chi connectivity index (χ0v) is 18.1. The lowest BCUT2D eigenvalue weighted by Gasteiger charge is -2.31. The van der Waals surface area contributed by atoms with Gasteiger partial charge in [0, 0.05) is 32.2 Å². The summed E-state index contributed by atoms with van der Waals surface area (Å²) in [5.41, 5.74) is 0.632. The van der Waals surface area contributed by atoms with E-state index < -0.39 is 10.0 Å². The Morgan fingerprint density at radius 3 is 2.81 bits per heavy atom. The molecule has 0 bridgehead atoms. The highest BCUT2D eigenvalue weighted by Crippen LogP contribution is 2.17. The lowest BCUT2D eigenvalue weighted by atomic mass is 10.2. The van der Waals surface area contributed by atoms with Crippen LogP contribution in [-0.4, -0.2) is 70.8 Å². The van der Waals surface area contributed by atoms with Crippen LogP contribution in [0.1, 0.15) is 13.8 Å². The molecule has 1 aliphatic heterocycles. The van der Waals surface area contributed by atoms with E-state index in [-0.39, 0.29) is 11.0 Å². The maximum absolute atomic E-state index is 12.2. The highest BCUT2D eigenvalue weighted by molar-refractivity contribution is 7.89. The average Bonchev–Trinajstić information content (AvgIpc) is 2.60. The van der Waals surface area contributed by atoms with Crippen molar-refractivity contribution < 1.29 is 18.1 Å². The van der Waals surface area contributed by atoms with E-state index in [2.05, 4.69) is 24.5 Å². The summed E-state index contributed by atoms with van der Waals surface area (Å²) in [5, 5.41) is 6.68. The number of hydrogen-bond donors (Lipinski definition) is 3. The highest BCUT2D eigenvalue weighted by Gasteiger charge is 2.24. The molecule has 2 rings (SSSR count). The Hall–Kier alpha value is -1.26. The molecule has 9 heteroatoms. The molecule has 0 radical (unpaired) electrons. The van der Waals surface area contributed by atoms with E-state index in [1.807, 2.05) is 0 Å². The Labute approximate surface area is 168 Å². The van der Waals surface area contributed by atoms with E-state index in [0.29, 0.717) is 23.3 Å². The summed E-state index contributed by atoms with van der Waals surface area (Å²) in [4.78, 5) is 1.78. The first-order valence-electron chi connectivity index (χ1n) is 9.21. The minimum Gasteiger partial charge on any atom is -0.365 e. The van der Waals surface area contributed by atoms with E-state index in [9.17, 15) is 8.42 Å². The summed E-state index contributed by atoms with van der Waals surface area (Å²) in [6, 6.07) is 6.63. The van der Waals surface area contributed by atoms with Crippen LogP contribution in [0.25, 0.3) is 0 Å². The van der Waals surface area contributed by atoms with E-state index in [1.54, 1.807) is 29.2 Å². The second kappa shape index (κ2) is 9.79. The van der Waals surface area contributed by atoms with Crippen LogP contribution in [0, 0.1) is 5.92 Å². The third-order valence-electron chi connectivity index (χ3n) is 4.38. The molecule has 1 saturated heterocycles. The van der Waals surface area contributed by atoms with Crippen molar-refractivity contribution in [3.8, 4) is 0 Å². The van der Waals surface area contributed by atoms with Crippen molar-refractivity contribution in [2.45, 2.75) is 24.8 Å². The van der Waals surface area contributed by atoms with Crippen molar-refractivity contribution in [1.82, 2.24) is 9.62 Å². The molecule has 152 valence electrons. The van der Waals surface area contributed by atoms with Crippen molar-refractivity contribution in [2.75, 3.05) is 52.2 Å². The van der Waals surface area contributed by atoms with Crippen molar-refractivity contribution in [3.63, 3.8) is 0 Å². The fourth-order valence-corrected chi connectivity index (χ4v) is 4.22. The first-order chi connectivity index (χ1) is 12.7. The molecule has 3 N–H and O–H groups in total. The molecule has 1 aromatic rings. The molecule has 1 aromatic carbocycles. The zero-order valence-electron chi connectivity index (χ0n) is 16.5. The molecule has 1 heterocycles. The standard InChI is InChI=1S/C18H30N4O3S2/c1-14(2)12-22-8-9-25-16(13-22)11-19-18(26)20-15-6-5-7-17(10-15)27(23,24)21(3)4/h5-7,10,14,16H,8-9,11-13H2,1-4H3,(H2,19,20,26)/p+1/t16-/m0/s1. The number of ether oxygens (including phenoxy) is 1. The maximum Gasteiger partial charge on any atom is 0.242 e. The number of rotatable bonds is 7. The number of quaternary nitrogens is 1. The van der Waals surface area contributed by atoms with E-state index in [4.69, 9.17) is 17.0 Å². The van der Waals surface area contributed by atoms with Crippen LogP contribution >= 0.6 is 12.2 Å². The molecule has 2 atom stereocenters. The molecule has 0 amide bonds. The summed E-state index contributed by atoms with van der Waals surface area (Å²) in [6.45, 7) is 9.02. The molecular weight excluding hydrogens is 384 g/mol. The smallest absolute Gasteiger partial charge is 0.242 e.